The number of hydrogen-bond donors (Lipinski definition) is 0. The van der Waals surface area contributed by atoms with Gasteiger partial charge in [0.05, 0.1) is 0 Å². The lowest BCUT2D eigenvalue weighted by molar-refractivity contribution is -0.154. The Kier molecular flexibility index (Phi) is 1.96. The molecule has 0 spiro atoms. The van der Waals surface area contributed by atoms with Crippen molar-refractivity contribution in [1.29, 1.82) is 0 Å². The van der Waals surface area contributed by atoms with Gasteiger partial charge in [0.15, 0.2) is 0 Å². The summed E-state index contributed by atoms with van der Waals surface area (Å²) in [6.07, 6.45) is 3.75. The van der Waals surface area contributed by atoms with Crippen molar-refractivity contribution in [3.63, 3.8) is 0 Å². The average Bonchev–Trinajstić information content (AvgIpc) is 2.35. The summed E-state index contributed by atoms with van der Waals surface area (Å²) in [5.74, 6) is 0.622. The molecule has 0 saturated heterocycles. The maximum Gasteiger partial charge on any atom is 0.302 e. The van der Waals surface area contributed by atoms with Gasteiger partial charge in [0.25, 0.3) is 0 Å². The SMILES string of the molecule is CC(=O)O[C@H]1C[C@@H]2CC[C@@]1(C)C2(C)C. The molecule has 80 valence electrons. The molecule has 0 amide bonds. The quantitative estimate of drug-likeness (QED) is 0.603. The Labute approximate surface area is 86.0 Å². The van der Waals surface area contributed by atoms with Crippen LogP contribution in [0.15, 0.2) is 0 Å². The van der Waals surface area contributed by atoms with Crippen LogP contribution in [-0.4, -0.2) is 12.1 Å². The van der Waals surface area contributed by atoms with Gasteiger partial charge in [-0.2, -0.15) is 0 Å². The Hall–Kier alpha value is -0.530. The first-order valence-electron chi connectivity index (χ1n) is 5.55. The number of carbonyl (C=O) groups is 1. The Bertz CT molecular complexity index is 269. The summed E-state index contributed by atoms with van der Waals surface area (Å²) < 4.78 is 5.44. The Morgan fingerprint density at radius 3 is 2.36 bits per heavy atom. The number of hydrogen-bond acceptors (Lipinski definition) is 2. The summed E-state index contributed by atoms with van der Waals surface area (Å²) in [7, 11) is 0. The fourth-order valence-corrected chi connectivity index (χ4v) is 3.51. The fourth-order valence-electron chi connectivity index (χ4n) is 3.51. The number of esters is 1. The molecule has 0 unspecified atom stereocenters. The van der Waals surface area contributed by atoms with Crippen LogP contribution in [0.3, 0.4) is 0 Å². The van der Waals surface area contributed by atoms with E-state index in [1.54, 1.807) is 0 Å². The van der Waals surface area contributed by atoms with Gasteiger partial charge in [-0.15, -0.1) is 0 Å². The van der Waals surface area contributed by atoms with Crippen molar-refractivity contribution in [2.75, 3.05) is 0 Å². The third-order valence-corrected chi connectivity index (χ3v) is 5.02. The van der Waals surface area contributed by atoms with Gasteiger partial charge in [-0.25, -0.2) is 0 Å². The first-order valence-corrected chi connectivity index (χ1v) is 5.55. The molecule has 2 fully saturated rings. The lowest BCUT2D eigenvalue weighted by Gasteiger charge is -2.38. The van der Waals surface area contributed by atoms with Crippen LogP contribution in [-0.2, 0) is 9.53 Å². The van der Waals surface area contributed by atoms with E-state index in [1.807, 2.05) is 0 Å². The molecular weight excluding hydrogens is 176 g/mol. The number of fused-ring (bicyclic) bond motifs is 2. The molecule has 0 heterocycles. The smallest absolute Gasteiger partial charge is 0.302 e. The first kappa shape index (κ1) is 10.0. The lowest BCUT2D eigenvalue weighted by atomic mass is 9.70. The molecule has 0 N–H and O–H groups in total. The summed E-state index contributed by atoms with van der Waals surface area (Å²) in [5.41, 5.74) is 0.552. The fraction of sp³-hybridized carbons (Fsp3) is 0.917. The van der Waals surface area contributed by atoms with Crippen LogP contribution >= 0.6 is 0 Å². The van der Waals surface area contributed by atoms with Crippen molar-refractivity contribution >= 4 is 5.97 Å². The molecule has 0 aromatic carbocycles. The zero-order chi connectivity index (χ0) is 10.6. The zero-order valence-electron chi connectivity index (χ0n) is 9.59. The topological polar surface area (TPSA) is 26.3 Å². The van der Waals surface area contributed by atoms with E-state index in [-0.39, 0.29) is 17.5 Å². The van der Waals surface area contributed by atoms with Crippen molar-refractivity contribution < 1.29 is 9.53 Å². The minimum absolute atomic E-state index is 0.125. The van der Waals surface area contributed by atoms with Crippen LogP contribution in [0, 0.1) is 16.7 Å². The molecule has 2 saturated carbocycles. The van der Waals surface area contributed by atoms with Gasteiger partial charge < -0.3 is 4.74 Å². The van der Waals surface area contributed by atoms with Gasteiger partial charge in [-0.3, -0.25) is 4.79 Å². The standard InChI is InChI=1S/C12H20O2/c1-8(13)14-10-7-9-5-6-12(10,4)11(9,2)3/h9-10H,5-7H2,1-4H3/t9-,10-,12+/m0/s1. The van der Waals surface area contributed by atoms with E-state index in [0.717, 1.165) is 12.3 Å². The molecule has 0 aliphatic heterocycles. The van der Waals surface area contributed by atoms with Crippen molar-refractivity contribution in [3.8, 4) is 0 Å². The van der Waals surface area contributed by atoms with Crippen LogP contribution in [0.5, 0.6) is 0 Å². The van der Waals surface area contributed by atoms with Gasteiger partial charge >= 0.3 is 5.97 Å². The molecule has 14 heavy (non-hydrogen) atoms. The van der Waals surface area contributed by atoms with E-state index >= 15 is 0 Å². The van der Waals surface area contributed by atoms with E-state index in [0.29, 0.717) is 5.41 Å². The number of rotatable bonds is 1. The van der Waals surface area contributed by atoms with E-state index < -0.39 is 0 Å². The Morgan fingerprint density at radius 2 is 2.00 bits per heavy atom. The van der Waals surface area contributed by atoms with Gasteiger partial charge in [-0.05, 0) is 30.6 Å². The highest BCUT2D eigenvalue weighted by molar-refractivity contribution is 5.66. The molecule has 2 aliphatic rings. The third kappa shape index (κ3) is 1.06. The Balaban J connectivity index is 2.23. The molecule has 0 aromatic heterocycles. The van der Waals surface area contributed by atoms with E-state index in [4.69, 9.17) is 4.74 Å². The number of ether oxygens (including phenoxy) is 1. The van der Waals surface area contributed by atoms with E-state index in [1.165, 1.54) is 19.8 Å². The second-order valence-electron chi connectivity index (χ2n) is 5.71. The van der Waals surface area contributed by atoms with Crippen LogP contribution in [0.25, 0.3) is 0 Å². The predicted octanol–water partition coefficient (Wildman–Crippen LogP) is 2.76. The van der Waals surface area contributed by atoms with E-state index in [2.05, 4.69) is 20.8 Å². The summed E-state index contributed by atoms with van der Waals surface area (Å²) >= 11 is 0. The second kappa shape index (κ2) is 2.74. The molecule has 0 radical (unpaired) electrons. The first-order chi connectivity index (χ1) is 6.38. The molecule has 2 heteroatoms. The van der Waals surface area contributed by atoms with Crippen LogP contribution in [0.2, 0.25) is 0 Å². The van der Waals surface area contributed by atoms with Crippen LogP contribution < -0.4 is 0 Å². The van der Waals surface area contributed by atoms with Gasteiger partial charge in [0.1, 0.15) is 6.10 Å². The average molecular weight is 196 g/mol. The summed E-state index contributed by atoms with van der Waals surface area (Å²) in [6.45, 7) is 8.46. The Morgan fingerprint density at radius 1 is 1.36 bits per heavy atom. The molecule has 2 bridgehead atoms. The predicted molar refractivity (Wildman–Crippen MR) is 54.8 cm³/mol. The third-order valence-electron chi connectivity index (χ3n) is 5.02. The highest BCUT2D eigenvalue weighted by Crippen LogP contribution is 2.66. The highest BCUT2D eigenvalue weighted by atomic mass is 16.5. The van der Waals surface area contributed by atoms with E-state index in [9.17, 15) is 4.79 Å². The van der Waals surface area contributed by atoms with Crippen LogP contribution in [0.4, 0.5) is 0 Å². The van der Waals surface area contributed by atoms with Crippen molar-refractivity contribution in [2.24, 2.45) is 16.7 Å². The molecule has 3 atom stereocenters. The molecule has 2 rings (SSSR count). The number of carbonyl (C=O) groups excluding carboxylic acids is 1. The highest BCUT2D eigenvalue weighted by Gasteiger charge is 2.62. The second-order valence-corrected chi connectivity index (χ2v) is 5.71. The van der Waals surface area contributed by atoms with Gasteiger partial charge in [0, 0.05) is 12.3 Å². The monoisotopic (exact) mass is 196 g/mol. The summed E-state index contributed by atoms with van der Waals surface area (Å²) in [6, 6.07) is 0. The zero-order valence-corrected chi connectivity index (χ0v) is 9.59. The lowest BCUT2D eigenvalue weighted by Crippen LogP contribution is -2.37. The van der Waals surface area contributed by atoms with Crippen LogP contribution in [0.1, 0.15) is 47.0 Å². The maximum atomic E-state index is 11.0. The molecule has 2 aliphatic carbocycles. The van der Waals surface area contributed by atoms with Crippen molar-refractivity contribution in [3.05, 3.63) is 0 Å². The van der Waals surface area contributed by atoms with Gasteiger partial charge in [0.2, 0.25) is 0 Å². The summed E-state index contributed by atoms with van der Waals surface area (Å²) in [5, 5.41) is 0. The van der Waals surface area contributed by atoms with Crippen molar-refractivity contribution in [2.45, 2.75) is 53.1 Å². The summed E-state index contributed by atoms with van der Waals surface area (Å²) in [4.78, 5) is 11.0. The minimum atomic E-state index is -0.125. The molecular formula is C12H20O2. The normalized spacial score (nSPS) is 44.0. The molecule has 0 aromatic rings. The maximum absolute atomic E-state index is 11.0. The van der Waals surface area contributed by atoms with Crippen molar-refractivity contribution in [1.82, 2.24) is 0 Å². The van der Waals surface area contributed by atoms with Gasteiger partial charge in [-0.1, -0.05) is 20.8 Å². The molecule has 2 nitrogen and oxygen atoms in total. The largest absolute Gasteiger partial charge is 0.462 e. The minimum Gasteiger partial charge on any atom is -0.462 e.